The predicted molar refractivity (Wildman–Crippen MR) is 77.7 cm³/mol. The first-order valence-corrected chi connectivity index (χ1v) is 6.80. The fourth-order valence-electron chi connectivity index (χ4n) is 1.82. The number of halogens is 1. The van der Waals surface area contributed by atoms with E-state index in [1.54, 1.807) is 6.07 Å². The molecule has 1 N–H and O–H groups in total. The van der Waals surface area contributed by atoms with Gasteiger partial charge in [0.1, 0.15) is 0 Å². The van der Waals surface area contributed by atoms with Gasteiger partial charge in [-0.05, 0) is 39.0 Å². The monoisotopic (exact) mass is 293 g/mol. The van der Waals surface area contributed by atoms with Crippen LogP contribution < -0.4 is 10.1 Å². The van der Waals surface area contributed by atoms with Gasteiger partial charge in [0.05, 0.1) is 7.11 Å². The van der Waals surface area contributed by atoms with Crippen LogP contribution in [0.3, 0.4) is 0 Å². The Bertz CT molecular complexity index is 605. The highest BCUT2D eigenvalue weighted by Gasteiger charge is 2.13. The summed E-state index contributed by atoms with van der Waals surface area (Å²) in [6, 6.07) is 4.55. The molecule has 0 unspecified atom stereocenters. The lowest BCUT2D eigenvalue weighted by molar-refractivity contribution is 0.386. The molecule has 0 aliphatic heterocycles. The Morgan fingerprint density at radius 3 is 2.67 bits per heavy atom. The van der Waals surface area contributed by atoms with E-state index in [1.165, 1.54) is 19.2 Å². The van der Waals surface area contributed by atoms with Crippen LogP contribution in [-0.4, -0.2) is 29.4 Å². The van der Waals surface area contributed by atoms with Gasteiger partial charge in [0.15, 0.2) is 11.6 Å². The zero-order chi connectivity index (χ0) is 15.5. The molecule has 0 spiro atoms. The van der Waals surface area contributed by atoms with Crippen molar-refractivity contribution in [2.24, 2.45) is 0 Å². The van der Waals surface area contributed by atoms with Gasteiger partial charge in [-0.25, -0.2) is 4.39 Å². The van der Waals surface area contributed by atoms with Crippen LogP contribution in [0.5, 0.6) is 5.75 Å². The van der Waals surface area contributed by atoms with Gasteiger partial charge in [0, 0.05) is 24.1 Å². The number of methoxy groups -OCH3 is 1. The van der Waals surface area contributed by atoms with Gasteiger partial charge in [0.2, 0.25) is 11.8 Å². The van der Waals surface area contributed by atoms with E-state index in [0.29, 0.717) is 23.8 Å². The molecule has 0 bridgehead atoms. The van der Waals surface area contributed by atoms with Gasteiger partial charge in [-0.2, -0.15) is 0 Å². The van der Waals surface area contributed by atoms with E-state index in [2.05, 4.69) is 36.3 Å². The maximum Gasteiger partial charge on any atom is 0.247 e. The van der Waals surface area contributed by atoms with E-state index >= 15 is 0 Å². The smallest absolute Gasteiger partial charge is 0.247 e. The molecule has 114 valence electrons. The van der Waals surface area contributed by atoms with Gasteiger partial charge in [-0.3, -0.25) is 0 Å². The van der Waals surface area contributed by atoms with Crippen molar-refractivity contribution in [3.63, 3.8) is 0 Å². The average molecular weight is 293 g/mol. The van der Waals surface area contributed by atoms with E-state index in [4.69, 9.17) is 9.15 Å². The van der Waals surface area contributed by atoms with Gasteiger partial charge >= 0.3 is 0 Å². The molecule has 2 aromatic rings. The van der Waals surface area contributed by atoms with Crippen LogP contribution in [0, 0.1) is 5.82 Å². The predicted octanol–water partition coefficient (Wildman–Crippen LogP) is 2.81. The maximum absolute atomic E-state index is 13.7. The van der Waals surface area contributed by atoms with Gasteiger partial charge in [0.25, 0.3) is 0 Å². The highest BCUT2D eigenvalue weighted by molar-refractivity contribution is 5.54. The molecule has 0 aliphatic carbocycles. The van der Waals surface area contributed by atoms with E-state index in [0.717, 1.165) is 6.54 Å². The number of rotatable bonds is 5. The Kier molecular flexibility index (Phi) is 4.57. The van der Waals surface area contributed by atoms with Crippen molar-refractivity contribution in [1.82, 2.24) is 15.5 Å². The number of aromatic nitrogens is 2. The summed E-state index contributed by atoms with van der Waals surface area (Å²) in [6.45, 7) is 7.01. The Hall–Kier alpha value is -1.95. The lowest BCUT2D eigenvalue weighted by Crippen LogP contribution is -2.37. The fraction of sp³-hybridized carbons (Fsp3) is 0.467. The Morgan fingerprint density at radius 1 is 1.29 bits per heavy atom. The quantitative estimate of drug-likeness (QED) is 0.918. The molecule has 21 heavy (non-hydrogen) atoms. The number of hydrogen-bond donors (Lipinski definition) is 1. The molecular formula is C15H20FN3O2. The summed E-state index contributed by atoms with van der Waals surface area (Å²) in [5, 5.41) is 11.3. The Morgan fingerprint density at radius 2 is 2.05 bits per heavy atom. The number of benzene rings is 1. The van der Waals surface area contributed by atoms with Crippen LogP contribution in [0.25, 0.3) is 11.5 Å². The number of nitrogens with zero attached hydrogens (tertiary/aromatic N) is 2. The largest absolute Gasteiger partial charge is 0.494 e. The molecule has 0 saturated heterocycles. The lowest BCUT2D eigenvalue weighted by Gasteiger charge is -2.19. The first-order valence-electron chi connectivity index (χ1n) is 6.80. The van der Waals surface area contributed by atoms with E-state index in [9.17, 15) is 4.39 Å². The van der Waals surface area contributed by atoms with Crippen molar-refractivity contribution >= 4 is 0 Å². The Balaban J connectivity index is 2.04. The summed E-state index contributed by atoms with van der Waals surface area (Å²) >= 11 is 0. The minimum atomic E-state index is -0.454. The van der Waals surface area contributed by atoms with Gasteiger partial charge < -0.3 is 14.5 Å². The molecule has 1 aromatic carbocycles. The maximum atomic E-state index is 13.7. The molecule has 0 radical (unpaired) electrons. The van der Waals surface area contributed by atoms with Crippen LogP contribution in [0.4, 0.5) is 4.39 Å². The standard InChI is InChI=1S/C15H20FN3O2/c1-15(2,3)17-8-7-13-18-19-14(21-13)10-5-6-12(20-4)11(16)9-10/h5-6,9,17H,7-8H2,1-4H3. The summed E-state index contributed by atoms with van der Waals surface area (Å²) in [5.74, 6) is 0.567. The van der Waals surface area contributed by atoms with Crippen molar-refractivity contribution in [2.75, 3.05) is 13.7 Å². The molecule has 1 aromatic heterocycles. The third-order valence-corrected chi connectivity index (χ3v) is 2.86. The van der Waals surface area contributed by atoms with Crippen molar-refractivity contribution in [3.05, 3.63) is 29.9 Å². The molecule has 0 fully saturated rings. The first-order chi connectivity index (χ1) is 9.89. The number of ether oxygens (including phenoxy) is 1. The molecule has 2 rings (SSSR count). The molecule has 0 saturated carbocycles. The molecule has 0 amide bonds. The summed E-state index contributed by atoms with van der Waals surface area (Å²) in [6.07, 6.45) is 0.628. The van der Waals surface area contributed by atoms with E-state index in [-0.39, 0.29) is 11.3 Å². The third-order valence-electron chi connectivity index (χ3n) is 2.86. The summed E-state index contributed by atoms with van der Waals surface area (Å²) in [7, 11) is 1.42. The van der Waals surface area contributed by atoms with Crippen molar-refractivity contribution in [3.8, 4) is 17.2 Å². The van der Waals surface area contributed by atoms with Crippen LogP contribution in [0.15, 0.2) is 22.6 Å². The zero-order valence-corrected chi connectivity index (χ0v) is 12.7. The van der Waals surface area contributed by atoms with Gasteiger partial charge in [-0.1, -0.05) is 0 Å². The molecule has 6 heteroatoms. The van der Waals surface area contributed by atoms with Gasteiger partial charge in [-0.15, -0.1) is 10.2 Å². The number of hydrogen-bond acceptors (Lipinski definition) is 5. The van der Waals surface area contributed by atoms with Crippen molar-refractivity contribution < 1.29 is 13.5 Å². The fourth-order valence-corrected chi connectivity index (χ4v) is 1.82. The third kappa shape index (κ3) is 4.26. The van der Waals surface area contributed by atoms with Crippen LogP contribution in [0.1, 0.15) is 26.7 Å². The van der Waals surface area contributed by atoms with Crippen molar-refractivity contribution in [1.29, 1.82) is 0 Å². The second-order valence-corrected chi connectivity index (χ2v) is 5.78. The normalized spacial score (nSPS) is 11.7. The second kappa shape index (κ2) is 6.22. The minimum absolute atomic E-state index is 0.0436. The summed E-state index contributed by atoms with van der Waals surface area (Å²) in [4.78, 5) is 0. The number of nitrogens with one attached hydrogen (secondary N) is 1. The summed E-state index contributed by atoms with van der Waals surface area (Å²) in [5.41, 5.74) is 0.581. The first kappa shape index (κ1) is 15.4. The van der Waals surface area contributed by atoms with Crippen LogP contribution in [0.2, 0.25) is 0 Å². The molecule has 5 nitrogen and oxygen atoms in total. The highest BCUT2D eigenvalue weighted by atomic mass is 19.1. The topological polar surface area (TPSA) is 60.2 Å². The minimum Gasteiger partial charge on any atom is -0.494 e. The van der Waals surface area contributed by atoms with Crippen LogP contribution >= 0.6 is 0 Å². The van der Waals surface area contributed by atoms with Crippen molar-refractivity contribution in [2.45, 2.75) is 32.7 Å². The molecule has 1 heterocycles. The molecule has 0 atom stereocenters. The van der Waals surface area contributed by atoms with Crippen LogP contribution in [-0.2, 0) is 6.42 Å². The molecular weight excluding hydrogens is 273 g/mol. The SMILES string of the molecule is COc1ccc(-c2nnc(CCNC(C)(C)C)o2)cc1F. The average Bonchev–Trinajstić information content (AvgIpc) is 2.86. The van der Waals surface area contributed by atoms with E-state index < -0.39 is 5.82 Å². The Labute approximate surface area is 123 Å². The summed E-state index contributed by atoms with van der Waals surface area (Å²) < 4.78 is 24.1. The second-order valence-electron chi connectivity index (χ2n) is 5.78. The van der Waals surface area contributed by atoms with E-state index in [1.807, 2.05) is 0 Å². The highest BCUT2D eigenvalue weighted by Crippen LogP contribution is 2.24. The zero-order valence-electron chi connectivity index (χ0n) is 12.7. The molecule has 0 aliphatic rings. The lowest BCUT2D eigenvalue weighted by atomic mass is 10.1.